The fourth-order valence-corrected chi connectivity index (χ4v) is 2.66. The van der Waals surface area contributed by atoms with Gasteiger partial charge in [0.05, 0.1) is 11.1 Å². The summed E-state index contributed by atoms with van der Waals surface area (Å²) >= 11 is 8.22. The Morgan fingerprint density at radius 3 is 2.76 bits per heavy atom. The van der Waals surface area contributed by atoms with Gasteiger partial charge in [-0.05, 0) is 58.8 Å². The highest BCUT2D eigenvalue weighted by atomic mass is 79.9. The number of benzene rings is 1. The molecule has 0 aliphatic carbocycles. The van der Waals surface area contributed by atoms with Gasteiger partial charge in [-0.25, -0.2) is 4.79 Å². The number of hydrogen-bond acceptors (Lipinski definition) is 6. The molecule has 9 heteroatoms. The molecule has 0 aromatic heterocycles. The summed E-state index contributed by atoms with van der Waals surface area (Å²) in [4.78, 5) is 36.6. The maximum absolute atomic E-state index is 12.2. The lowest BCUT2D eigenvalue weighted by Crippen LogP contribution is -2.52. The Hall–Kier alpha value is -2.26. The number of likely N-dealkylation sites (N-methyl/N-ethyl adjacent to an activating group) is 1. The van der Waals surface area contributed by atoms with Gasteiger partial charge in [-0.1, -0.05) is 6.07 Å². The topological polar surface area (TPSA) is 84.9 Å². The van der Waals surface area contributed by atoms with Crippen LogP contribution in [0.25, 0.3) is 6.08 Å². The number of halogens is 1. The van der Waals surface area contributed by atoms with Gasteiger partial charge >= 0.3 is 5.97 Å². The van der Waals surface area contributed by atoms with Gasteiger partial charge < -0.3 is 9.47 Å². The number of carbonyl (C=O) groups is 3. The molecule has 1 fully saturated rings. The van der Waals surface area contributed by atoms with Crippen LogP contribution in [0.4, 0.5) is 0 Å². The average Bonchev–Trinajstić information content (AvgIpc) is 2.56. The highest BCUT2D eigenvalue weighted by Crippen LogP contribution is 2.27. The van der Waals surface area contributed by atoms with E-state index in [4.69, 9.17) is 21.7 Å². The van der Waals surface area contributed by atoms with Crippen LogP contribution < -0.4 is 10.1 Å². The molecule has 0 atom stereocenters. The summed E-state index contributed by atoms with van der Waals surface area (Å²) in [7, 11) is 1.49. The van der Waals surface area contributed by atoms with Crippen LogP contribution in [0, 0.1) is 0 Å². The van der Waals surface area contributed by atoms with E-state index in [0.717, 1.165) is 0 Å². The number of esters is 1. The Kier molecular flexibility index (Phi) is 6.27. The van der Waals surface area contributed by atoms with Crippen LogP contribution in [0.3, 0.4) is 0 Å². The molecule has 1 aromatic carbocycles. The summed E-state index contributed by atoms with van der Waals surface area (Å²) in [5.41, 5.74) is 0.582. The molecule has 0 radical (unpaired) electrons. The lowest BCUT2D eigenvalue weighted by atomic mass is 10.1. The Morgan fingerprint density at radius 2 is 2.12 bits per heavy atom. The first-order valence-electron chi connectivity index (χ1n) is 7.26. The fourth-order valence-electron chi connectivity index (χ4n) is 1.98. The number of nitrogens with zero attached hydrogens (tertiary/aromatic N) is 1. The summed E-state index contributed by atoms with van der Waals surface area (Å²) < 4.78 is 10.7. The molecule has 0 bridgehead atoms. The molecule has 0 saturated carbocycles. The third-order valence-corrected chi connectivity index (χ3v) is 4.22. The van der Waals surface area contributed by atoms with Crippen LogP contribution in [-0.2, 0) is 19.1 Å². The van der Waals surface area contributed by atoms with E-state index in [0.29, 0.717) is 15.8 Å². The van der Waals surface area contributed by atoms with Crippen molar-refractivity contribution in [3.8, 4) is 5.75 Å². The van der Waals surface area contributed by atoms with E-state index < -0.39 is 17.8 Å². The van der Waals surface area contributed by atoms with Crippen molar-refractivity contribution in [3.05, 3.63) is 33.8 Å². The minimum atomic E-state index is -0.549. The fraction of sp³-hybridized carbons (Fsp3) is 0.250. The molecular formula is C16H15BrN2O5S. The molecule has 1 heterocycles. The minimum Gasteiger partial charge on any atom is -0.481 e. The molecule has 2 amide bonds. The second-order valence-corrected chi connectivity index (χ2v) is 6.21. The molecule has 0 unspecified atom stereocenters. The van der Waals surface area contributed by atoms with Gasteiger partial charge in [0.15, 0.2) is 11.7 Å². The predicted octanol–water partition coefficient (Wildman–Crippen LogP) is 1.65. The normalized spacial score (nSPS) is 16.0. The number of rotatable bonds is 5. The summed E-state index contributed by atoms with van der Waals surface area (Å²) in [6.45, 7) is 1.78. The second kappa shape index (κ2) is 8.21. The third-order valence-electron chi connectivity index (χ3n) is 3.22. The smallest absolute Gasteiger partial charge is 0.344 e. The zero-order chi connectivity index (χ0) is 18.6. The molecular weight excluding hydrogens is 412 g/mol. The predicted molar refractivity (Wildman–Crippen MR) is 97.8 cm³/mol. The van der Waals surface area contributed by atoms with Crippen LogP contribution in [0.5, 0.6) is 5.75 Å². The maximum atomic E-state index is 12.2. The molecule has 1 N–H and O–H groups in total. The molecule has 1 aromatic rings. The van der Waals surface area contributed by atoms with Gasteiger partial charge in [0.1, 0.15) is 11.3 Å². The maximum Gasteiger partial charge on any atom is 0.344 e. The van der Waals surface area contributed by atoms with Gasteiger partial charge in [0.2, 0.25) is 0 Å². The van der Waals surface area contributed by atoms with Crippen LogP contribution in [0.1, 0.15) is 12.5 Å². The molecule has 0 spiro atoms. The van der Waals surface area contributed by atoms with Crippen LogP contribution in [-0.4, -0.2) is 48.1 Å². The SMILES string of the molecule is CCOC(=O)COc1ccc(/C=C2\C(=O)NC(=S)N(C)C2=O)cc1Br. The number of hydrogen-bond donors (Lipinski definition) is 1. The monoisotopic (exact) mass is 426 g/mol. The highest BCUT2D eigenvalue weighted by Gasteiger charge is 2.30. The van der Waals surface area contributed by atoms with E-state index in [1.165, 1.54) is 18.0 Å². The average molecular weight is 427 g/mol. The Morgan fingerprint density at radius 1 is 1.40 bits per heavy atom. The summed E-state index contributed by atoms with van der Waals surface area (Å²) in [6, 6.07) is 4.95. The number of amides is 2. The van der Waals surface area contributed by atoms with Crippen molar-refractivity contribution in [1.29, 1.82) is 0 Å². The molecule has 1 aliphatic heterocycles. The van der Waals surface area contributed by atoms with E-state index in [1.807, 2.05) is 0 Å². The molecule has 132 valence electrons. The standard InChI is InChI=1S/C16H15BrN2O5S/c1-3-23-13(20)8-24-12-5-4-9(7-11(12)17)6-10-14(21)18-16(25)19(2)15(10)22/h4-7H,3,8H2,1-2H3,(H,18,21,25)/b10-6+. The Bertz CT molecular complexity index is 778. The molecule has 1 saturated heterocycles. The number of thiocarbonyl (C=S) groups is 1. The lowest BCUT2D eigenvalue weighted by Gasteiger charge is -2.25. The summed E-state index contributed by atoms with van der Waals surface area (Å²) in [5, 5.41) is 2.51. The minimum absolute atomic E-state index is 0.0248. The van der Waals surface area contributed by atoms with E-state index in [-0.39, 0.29) is 23.9 Å². The van der Waals surface area contributed by atoms with E-state index in [9.17, 15) is 14.4 Å². The largest absolute Gasteiger partial charge is 0.481 e. The first-order valence-corrected chi connectivity index (χ1v) is 8.46. The third kappa shape index (κ3) is 4.64. The zero-order valence-corrected chi connectivity index (χ0v) is 15.9. The van der Waals surface area contributed by atoms with Crippen LogP contribution in [0.15, 0.2) is 28.2 Å². The summed E-state index contributed by atoms with van der Waals surface area (Å²) in [6.07, 6.45) is 1.45. The lowest BCUT2D eigenvalue weighted by molar-refractivity contribution is -0.145. The molecule has 2 rings (SSSR count). The Labute approximate surface area is 158 Å². The number of ether oxygens (including phenoxy) is 2. The molecule has 7 nitrogen and oxygen atoms in total. The first-order chi connectivity index (χ1) is 11.8. The highest BCUT2D eigenvalue weighted by molar-refractivity contribution is 9.10. The molecule has 25 heavy (non-hydrogen) atoms. The van der Waals surface area contributed by atoms with E-state index in [1.54, 1.807) is 25.1 Å². The number of nitrogens with one attached hydrogen (secondary N) is 1. The van der Waals surface area contributed by atoms with Crippen molar-refractivity contribution in [2.75, 3.05) is 20.3 Å². The second-order valence-electron chi connectivity index (χ2n) is 4.97. The van der Waals surface area contributed by atoms with E-state index >= 15 is 0 Å². The quantitative estimate of drug-likeness (QED) is 0.333. The van der Waals surface area contributed by atoms with Gasteiger partial charge in [-0.15, -0.1) is 0 Å². The van der Waals surface area contributed by atoms with Crippen LogP contribution in [0.2, 0.25) is 0 Å². The van der Waals surface area contributed by atoms with Crippen molar-refractivity contribution >= 4 is 57.1 Å². The Balaban J connectivity index is 2.17. The summed E-state index contributed by atoms with van der Waals surface area (Å²) in [5.74, 6) is -1.06. The van der Waals surface area contributed by atoms with Crippen molar-refractivity contribution < 1.29 is 23.9 Å². The van der Waals surface area contributed by atoms with Gasteiger partial charge in [0, 0.05) is 7.05 Å². The first kappa shape index (κ1) is 19.1. The number of carbonyl (C=O) groups excluding carboxylic acids is 3. The van der Waals surface area contributed by atoms with Crippen molar-refractivity contribution in [2.24, 2.45) is 0 Å². The van der Waals surface area contributed by atoms with Crippen molar-refractivity contribution in [3.63, 3.8) is 0 Å². The van der Waals surface area contributed by atoms with Gasteiger partial charge in [-0.2, -0.15) is 0 Å². The van der Waals surface area contributed by atoms with Crippen LogP contribution >= 0.6 is 28.1 Å². The molecule has 1 aliphatic rings. The van der Waals surface area contributed by atoms with Crippen molar-refractivity contribution in [1.82, 2.24) is 10.2 Å². The van der Waals surface area contributed by atoms with Gasteiger partial charge in [0.25, 0.3) is 11.8 Å². The zero-order valence-electron chi connectivity index (χ0n) is 13.5. The van der Waals surface area contributed by atoms with Gasteiger partial charge in [-0.3, -0.25) is 19.8 Å². The van der Waals surface area contributed by atoms with Crippen molar-refractivity contribution in [2.45, 2.75) is 6.92 Å². The van der Waals surface area contributed by atoms with E-state index in [2.05, 4.69) is 21.2 Å².